The average molecular weight is 387 g/mol. The van der Waals surface area contributed by atoms with Crippen LogP contribution < -0.4 is 10.6 Å². The highest BCUT2D eigenvalue weighted by atomic mass is 35.5. The summed E-state index contributed by atoms with van der Waals surface area (Å²) < 4.78 is 15.4. The Hall–Kier alpha value is -2.86. The Morgan fingerprint density at radius 3 is 2.37 bits per heavy atom. The van der Waals surface area contributed by atoms with Gasteiger partial charge in [0.2, 0.25) is 0 Å². The van der Waals surface area contributed by atoms with E-state index >= 15 is 0 Å². The summed E-state index contributed by atoms with van der Waals surface area (Å²) in [6.45, 7) is 6.10. The van der Waals surface area contributed by atoms with Crippen molar-refractivity contribution in [1.82, 2.24) is 9.78 Å². The van der Waals surface area contributed by atoms with Gasteiger partial charge in [0.1, 0.15) is 11.6 Å². The van der Waals surface area contributed by atoms with Crippen molar-refractivity contribution in [1.29, 1.82) is 0 Å². The Morgan fingerprint density at radius 2 is 1.74 bits per heavy atom. The van der Waals surface area contributed by atoms with Crippen LogP contribution in [0, 0.1) is 5.82 Å². The molecule has 0 aliphatic carbocycles. The molecule has 0 fully saturated rings. The van der Waals surface area contributed by atoms with Crippen LogP contribution in [-0.4, -0.2) is 15.8 Å². The number of halogens is 2. The number of nitrogens with one attached hydrogen (secondary N) is 2. The van der Waals surface area contributed by atoms with Crippen molar-refractivity contribution in [3.63, 3.8) is 0 Å². The molecule has 0 saturated heterocycles. The first-order chi connectivity index (χ1) is 12.7. The van der Waals surface area contributed by atoms with Gasteiger partial charge in [-0.25, -0.2) is 13.9 Å². The van der Waals surface area contributed by atoms with E-state index in [1.54, 1.807) is 35.0 Å². The molecule has 0 bridgehead atoms. The van der Waals surface area contributed by atoms with Crippen LogP contribution in [0.3, 0.4) is 0 Å². The van der Waals surface area contributed by atoms with Gasteiger partial charge in [0.05, 0.1) is 17.1 Å². The first-order valence-electron chi connectivity index (χ1n) is 8.43. The van der Waals surface area contributed by atoms with Gasteiger partial charge in [-0.2, -0.15) is 5.10 Å². The molecule has 7 heteroatoms. The third-order valence-electron chi connectivity index (χ3n) is 3.91. The molecule has 27 heavy (non-hydrogen) atoms. The normalized spacial score (nSPS) is 11.3. The van der Waals surface area contributed by atoms with Gasteiger partial charge in [0, 0.05) is 16.5 Å². The third kappa shape index (κ3) is 4.46. The fraction of sp³-hybridized carbons (Fsp3) is 0.200. The molecule has 2 amide bonds. The topological polar surface area (TPSA) is 59.0 Å². The lowest BCUT2D eigenvalue weighted by molar-refractivity contribution is 0.262. The van der Waals surface area contributed by atoms with E-state index in [2.05, 4.69) is 15.7 Å². The van der Waals surface area contributed by atoms with Crippen molar-refractivity contribution in [3.05, 3.63) is 71.1 Å². The monoisotopic (exact) mass is 386 g/mol. The molecule has 2 N–H and O–H groups in total. The number of hydrogen-bond acceptors (Lipinski definition) is 2. The highest BCUT2D eigenvalue weighted by Gasteiger charge is 2.21. The van der Waals surface area contributed by atoms with Gasteiger partial charge in [0.15, 0.2) is 0 Å². The Kier molecular flexibility index (Phi) is 5.19. The van der Waals surface area contributed by atoms with Crippen molar-refractivity contribution in [2.24, 2.45) is 0 Å². The zero-order valence-corrected chi connectivity index (χ0v) is 16.0. The third-order valence-corrected chi connectivity index (χ3v) is 4.16. The molecular formula is C20H20ClFN4O. The van der Waals surface area contributed by atoms with Crippen molar-refractivity contribution >= 4 is 29.1 Å². The molecule has 5 nitrogen and oxygen atoms in total. The summed E-state index contributed by atoms with van der Waals surface area (Å²) >= 11 is 5.96. The van der Waals surface area contributed by atoms with Crippen molar-refractivity contribution in [2.45, 2.75) is 26.2 Å². The van der Waals surface area contributed by atoms with Gasteiger partial charge in [-0.1, -0.05) is 44.5 Å². The maximum atomic E-state index is 13.8. The lowest BCUT2D eigenvalue weighted by Crippen LogP contribution is -2.21. The first kappa shape index (κ1) is 18.9. The number of carbonyl (C=O) groups is 1. The number of urea groups is 1. The highest BCUT2D eigenvalue weighted by Crippen LogP contribution is 2.27. The minimum Gasteiger partial charge on any atom is -0.305 e. The largest absolute Gasteiger partial charge is 0.324 e. The number of anilines is 2. The molecule has 140 valence electrons. The summed E-state index contributed by atoms with van der Waals surface area (Å²) in [5.74, 6) is -0.0367. The predicted molar refractivity (Wildman–Crippen MR) is 106 cm³/mol. The molecule has 3 rings (SSSR count). The number of hydrogen-bond donors (Lipinski definition) is 2. The van der Waals surface area contributed by atoms with Crippen LogP contribution in [0.25, 0.3) is 5.69 Å². The molecule has 0 radical (unpaired) electrons. The molecular weight excluding hydrogens is 367 g/mol. The Balaban J connectivity index is 1.91. The summed E-state index contributed by atoms with van der Waals surface area (Å²) in [4.78, 5) is 12.4. The van der Waals surface area contributed by atoms with Gasteiger partial charge in [-0.05, 0) is 36.4 Å². The molecule has 0 unspecified atom stereocenters. The number of para-hydroxylation sites is 1. The van der Waals surface area contributed by atoms with E-state index in [0.717, 1.165) is 11.4 Å². The van der Waals surface area contributed by atoms with Crippen molar-refractivity contribution in [3.8, 4) is 5.69 Å². The minimum atomic E-state index is -0.560. The number of nitrogens with zero attached hydrogens (tertiary/aromatic N) is 2. The molecule has 0 aliphatic heterocycles. The molecule has 0 spiro atoms. The maximum Gasteiger partial charge on any atom is 0.324 e. The van der Waals surface area contributed by atoms with Gasteiger partial charge in [0.25, 0.3) is 0 Å². The SMILES string of the molecule is CC(C)(C)c1cc(NC(=O)Nc2ccccc2F)n(-c2ccc(Cl)cc2)n1. The summed E-state index contributed by atoms with van der Waals surface area (Å²) in [6, 6.07) is 14.3. The zero-order valence-electron chi connectivity index (χ0n) is 15.3. The van der Waals surface area contributed by atoms with Crippen LogP contribution in [0.5, 0.6) is 0 Å². The Morgan fingerprint density at radius 1 is 1.07 bits per heavy atom. The molecule has 1 aromatic heterocycles. The Bertz CT molecular complexity index is 961. The summed E-state index contributed by atoms with van der Waals surface area (Å²) in [7, 11) is 0. The van der Waals surface area contributed by atoms with E-state index in [0.29, 0.717) is 10.8 Å². The van der Waals surface area contributed by atoms with E-state index in [-0.39, 0.29) is 11.1 Å². The van der Waals surface area contributed by atoms with Gasteiger partial charge in [-0.3, -0.25) is 5.32 Å². The molecule has 1 heterocycles. The van der Waals surface area contributed by atoms with Crippen LogP contribution in [0.15, 0.2) is 54.6 Å². The predicted octanol–water partition coefficient (Wildman–Crippen LogP) is 5.61. The fourth-order valence-corrected chi connectivity index (χ4v) is 2.57. The summed E-state index contributed by atoms with van der Waals surface area (Å²) in [5.41, 5.74) is 1.44. The van der Waals surface area contributed by atoms with Gasteiger partial charge in [-0.15, -0.1) is 0 Å². The molecule has 2 aromatic carbocycles. The second-order valence-corrected chi connectivity index (χ2v) is 7.55. The van der Waals surface area contributed by atoms with E-state index in [1.807, 2.05) is 32.9 Å². The first-order valence-corrected chi connectivity index (χ1v) is 8.81. The number of benzene rings is 2. The van der Waals surface area contributed by atoms with Crippen molar-refractivity contribution < 1.29 is 9.18 Å². The highest BCUT2D eigenvalue weighted by molar-refractivity contribution is 6.30. The van der Waals surface area contributed by atoms with Crippen LogP contribution >= 0.6 is 11.6 Å². The Labute approximate surface area is 162 Å². The van der Waals surface area contributed by atoms with Gasteiger partial charge < -0.3 is 5.32 Å². The molecule has 0 atom stereocenters. The second-order valence-electron chi connectivity index (χ2n) is 7.11. The fourth-order valence-electron chi connectivity index (χ4n) is 2.45. The van der Waals surface area contributed by atoms with E-state index in [4.69, 9.17) is 11.6 Å². The van der Waals surface area contributed by atoms with E-state index in [1.165, 1.54) is 12.1 Å². The average Bonchev–Trinajstić information content (AvgIpc) is 3.02. The van der Waals surface area contributed by atoms with Crippen LogP contribution in [-0.2, 0) is 5.41 Å². The molecule has 0 aliphatic rings. The standard InChI is InChI=1S/C20H20ClFN4O/c1-20(2,3)17-12-18(26(25-17)14-10-8-13(21)9-11-14)24-19(27)23-16-7-5-4-6-15(16)22/h4-12H,1-3H3,(H2,23,24,27). The quantitative estimate of drug-likeness (QED) is 0.615. The molecule has 3 aromatic rings. The summed E-state index contributed by atoms with van der Waals surface area (Å²) in [5, 5.41) is 10.5. The number of carbonyl (C=O) groups excluding carboxylic acids is 1. The van der Waals surface area contributed by atoms with Crippen LogP contribution in [0.4, 0.5) is 20.7 Å². The second kappa shape index (κ2) is 7.40. The summed E-state index contributed by atoms with van der Waals surface area (Å²) in [6.07, 6.45) is 0. The van der Waals surface area contributed by atoms with E-state index in [9.17, 15) is 9.18 Å². The molecule has 0 saturated carbocycles. The maximum absolute atomic E-state index is 13.8. The van der Waals surface area contributed by atoms with Crippen LogP contribution in [0.1, 0.15) is 26.5 Å². The number of rotatable bonds is 3. The number of aromatic nitrogens is 2. The van der Waals surface area contributed by atoms with Gasteiger partial charge >= 0.3 is 6.03 Å². The minimum absolute atomic E-state index is 0.101. The van der Waals surface area contributed by atoms with Crippen molar-refractivity contribution in [2.75, 3.05) is 10.6 Å². The zero-order chi connectivity index (χ0) is 19.6. The lowest BCUT2D eigenvalue weighted by Gasteiger charge is -2.14. The van der Waals surface area contributed by atoms with E-state index < -0.39 is 11.8 Å². The number of amides is 2. The lowest BCUT2D eigenvalue weighted by atomic mass is 9.92. The smallest absolute Gasteiger partial charge is 0.305 e. The van der Waals surface area contributed by atoms with Crippen LogP contribution in [0.2, 0.25) is 5.02 Å².